The summed E-state index contributed by atoms with van der Waals surface area (Å²) in [5, 5.41) is 3.17. The number of likely N-dealkylation sites (tertiary alicyclic amines) is 1. The average molecular weight is 316 g/mol. The highest BCUT2D eigenvalue weighted by molar-refractivity contribution is 5.94. The molecular weight excluding hydrogens is 292 g/mol. The van der Waals surface area contributed by atoms with Crippen LogP contribution in [0.3, 0.4) is 0 Å². The highest BCUT2D eigenvalue weighted by atomic mass is 16.5. The maximum atomic E-state index is 12.5. The van der Waals surface area contributed by atoms with E-state index < -0.39 is 0 Å². The van der Waals surface area contributed by atoms with Gasteiger partial charge in [0.05, 0.1) is 12.6 Å². The quantitative estimate of drug-likeness (QED) is 0.905. The zero-order chi connectivity index (χ0) is 16.3. The Balaban J connectivity index is 1.70. The van der Waals surface area contributed by atoms with Gasteiger partial charge in [-0.15, -0.1) is 0 Å². The Bertz CT molecular complexity index is 565. The van der Waals surface area contributed by atoms with Gasteiger partial charge in [0.1, 0.15) is 0 Å². The molecule has 2 aliphatic heterocycles. The largest absolute Gasteiger partial charge is 0.379 e. The number of amides is 2. The molecule has 0 unspecified atom stereocenters. The van der Waals surface area contributed by atoms with Crippen LogP contribution in [-0.2, 0) is 9.53 Å². The molecule has 1 aromatic rings. The van der Waals surface area contributed by atoms with Crippen molar-refractivity contribution in [2.45, 2.75) is 32.2 Å². The molecule has 0 bridgehead atoms. The van der Waals surface area contributed by atoms with Crippen LogP contribution >= 0.6 is 0 Å². The molecule has 1 N–H and O–H groups in total. The summed E-state index contributed by atoms with van der Waals surface area (Å²) in [6.07, 6.45) is 2.80. The molecule has 124 valence electrons. The van der Waals surface area contributed by atoms with Gasteiger partial charge in [-0.3, -0.25) is 9.59 Å². The minimum Gasteiger partial charge on any atom is -0.379 e. The monoisotopic (exact) mass is 316 g/mol. The number of hydrogen-bond donors (Lipinski definition) is 1. The molecule has 1 atom stereocenters. The molecule has 5 heteroatoms. The summed E-state index contributed by atoms with van der Waals surface area (Å²) in [6.45, 7) is 4.45. The molecule has 2 heterocycles. The Labute approximate surface area is 137 Å². The molecule has 2 saturated heterocycles. The van der Waals surface area contributed by atoms with Crippen LogP contribution in [0, 0.1) is 5.41 Å². The maximum absolute atomic E-state index is 12.5. The highest BCUT2D eigenvalue weighted by Crippen LogP contribution is 2.41. The van der Waals surface area contributed by atoms with Crippen molar-refractivity contribution in [2.24, 2.45) is 5.41 Å². The Morgan fingerprint density at radius 2 is 1.87 bits per heavy atom. The molecule has 0 saturated carbocycles. The van der Waals surface area contributed by atoms with Crippen molar-refractivity contribution in [1.29, 1.82) is 0 Å². The third kappa shape index (κ3) is 3.39. The van der Waals surface area contributed by atoms with Gasteiger partial charge in [0.2, 0.25) is 5.91 Å². The van der Waals surface area contributed by atoms with Gasteiger partial charge < -0.3 is 15.0 Å². The summed E-state index contributed by atoms with van der Waals surface area (Å²) in [4.78, 5) is 25.9. The Kier molecular flexibility index (Phi) is 4.66. The average Bonchev–Trinajstić information content (AvgIpc) is 2.58. The third-order valence-corrected chi connectivity index (χ3v) is 5.31. The number of nitrogens with zero attached hydrogens (tertiary/aromatic N) is 1. The zero-order valence-corrected chi connectivity index (χ0v) is 13.6. The first kappa shape index (κ1) is 16.0. The second-order valence-electron chi connectivity index (χ2n) is 6.59. The van der Waals surface area contributed by atoms with Gasteiger partial charge in [-0.25, -0.2) is 0 Å². The van der Waals surface area contributed by atoms with E-state index in [0.29, 0.717) is 12.2 Å². The van der Waals surface area contributed by atoms with Crippen molar-refractivity contribution < 1.29 is 14.3 Å². The predicted octanol–water partition coefficient (Wildman–Crippen LogP) is 1.83. The number of hydrogen-bond acceptors (Lipinski definition) is 3. The number of carbonyl (C=O) groups excluding carboxylic acids is 2. The van der Waals surface area contributed by atoms with E-state index >= 15 is 0 Å². The summed E-state index contributed by atoms with van der Waals surface area (Å²) in [5.41, 5.74) is 0.726. The van der Waals surface area contributed by atoms with Crippen molar-refractivity contribution in [1.82, 2.24) is 10.2 Å². The molecule has 5 nitrogen and oxygen atoms in total. The molecule has 3 rings (SSSR count). The van der Waals surface area contributed by atoms with E-state index in [9.17, 15) is 9.59 Å². The van der Waals surface area contributed by atoms with Crippen molar-refractivity contribution in [3.05, 3.63) is 35.9 Å². The number of benzene rings is 1. The second kappa shape index (κ2) is 6.71. The van der Waals surface area contributed by atoms with Gasteiger partial charge in [-0.05, 0) is 36.8 Å². The lowest BCUT2D eigenvalue weighted by molar-refractivity contribution is -0.133. The SMILES string of the molecule is CC(=O)N1CCC2(CCOC[C@@H]2NC(=O)c2ccccc2)CC1. The van der Waals surface area contributed by atoms with Gasteiger partial charge in [0, 0.05) is 32.2 Å². The van der Waals surface area contributed by atoms with E-state index in [1.807, 2.05) is 35.2 Å². The standard InChI is InChI=1S/C18H24N2O3/c1-14(21)20-10-7-18(8-11-20)9-12-23-13-16(18)19-17(22)15-5-3-2-4-6-15/h2-6,16H,7-13H2,1H3,(H,19,22)/t16-/m0/s1. The molecule has 2 amide bonds. The summed E-state index contributed by atoms with van der Waals surface area (Å²) in [7, 11) is 0. The van der Waals surface area contributed by atoms with Crippen molar-refractivity contribution in [3.8, 4) is 0 Å². The smallest absolute Gasteiger partial charge is 0.251 e. The number of ether oxygens (including phenoxy) is 1. The van der Waals surface area contributed by atoms with Crippen LogP contribution in [0.2, 0.25) is 0 Å². The van der Waals surface area contributed by atoms with E-state index in [1.165, 1.54) is 0 Å². The van der Waals surface area contributed by atoms with Gasteiger partial charge in [-0.1, -0.05) is 18.2 Å². The molecule has 0 radical (unpaired) electrons. The number of carbonyl (C=O) groups is 2. The second-order valence-corrected chi connectivity index (χ2v) is 6.59. The summed E-state index contributed by atoms with van der Waals surface area (Å²) in [6, 6.07) is 9.30. The lowest BCUT2D eigenvalue weighted by Crippen LogP contribution is -2.57. The Morgan fingerprint density at radius 1 is 1.17 bits per heavy atom. The van der Waals surface area contributed by atoms with Crippen molar-refractivity contribution in [2.75, 3.05) is 26.3 Å². The minimum atomic E-state index is -0.0468. The van der Waals surface area contributed by atoms with Crippen LogP contribution in [-0.4, -0.2) is 49.1 Å². The molecule has 0 aliphatic carbocycles. The lowest BCUT2D eigenvalue weighted by atomic mass is 9.69. The lowest BCUT2D eigenvalue weighted by Gasteiger charge is -2.49. The first-order chi connectivity index (χ1) is 11.1. The molecule has 2 fully saturated rings. The van der Waals surface area contributed by atoms with Crippen molar-refractivity contribution >= 4 is 11.8 Å². The van der Waals surface area contributed by atoms with Gasteiger partial charge in [0.25, 0.3) is 5.91 Å². The molecule has 23 heavy (non-hydrogen) atoms. The van der Waals surface area contributed by atoms with E-state index in [1.54, 1.807) is 6.92 Å². The van der Waals surface area contributed by atoms with Crippen LogP contribution in [0.25, 0.3) is 0 Å². The fraction of sp³-hybridized carbons (Fsp3) is 0.556. The normalized spacial score (nSPS) is 23.5. The maximum Gasteiger partial charge on any atom is 0.251 e. The van der Waals surface area contributed by atoms with Crippen LogP contribution in [0.1, 0.15) is 36.5 Å². The van der Waals surface area contributed by atoms with Crippen LogP contribution in [0.4, 0.5) is 0 Å². The number of nitrogens with one attached hydrogen (secondary N) is 1. The van der Waals surface area contributed by atoms with Crippen molar-refractivity contribution in [3.63, 3.8) is 0 Å². The van der Waals surface area contributed by atoms with Gasteiger partial charge in [0.15, 0.2) is 0 Å². The number of rotatable bonds is 2. The fourth-order valence-electron chi connectivity index (χ4n) is 3.72. The van der Waals surface area contributed by atoms with Gasteiger partial charge >= 0.3 is 0 Å². The Hall–Kier alpha value is -1.88. The molecular formula is C18H24N2O3. The molecule has 1 aromatic carbocycles. The van der Waals surface area contributed by atoms with Crippen LogP contribution in [0.5, 0.6) is 0 Å². The topological polar surface area (TPSA) is 58.6 Å². The van der Waals surface area contributed by atoms with E-state index in [2.05, 4.69) is 5.32 Å². The first-order valence-electron chi connectivity index (χ1n) is 8.30. The molecule has 2 aliphatic rings. The number of piperidine rings is 1. The van der Waals surface area contributed by atoms with E-state index in [-0.39, 0.29) is 23.3 Å². The highest BCUT2D eigenvalue weighted by Gasteiger charge is 2.44. The van der Waals surface area contributed by atoms with Crippen LogP contribution < -0.4 is 5.32 Å². The fourth-order valence-corrected chi connectivity index (χ4v) is 3.72. The van der Waals surface area contributed by atoms with E-state index in [4.69, 9.17) is 4.74 Å². The molecule has 0 aromatic heterocycles. The van der Waals surface area contributed by atoms with E-state index in [0.717, 1.165) is 39.0 Å². The zero-order valence-electron chi connectivity index (χ0n) is 13.6. The predicted molar refractivity (Wildman–Crippen MR) is 87.1 cm³/mol. The minimum absolute atomic E-state index is 0.0121. The van der Waals surface area contributed by atoms with Crippen LogP contribution in [0.15, 0.2) is 30.3 Å². The van der Waals surface area contributed by atoms with Gasteiger partial charge in [-0.2, -0.15) is 0 Å². The Morgan fingerprint density at radius 3 is 2.52 bits per heavy atom. The molecule has 1 spiro atoms. The first-order valence-corrected chi connectivity index (χ1v) is 8.30. The summed E-state index contributed by atoms with van der Waals surface area (Å²) in [5.74, 6) is 0.0891. The summed E-state index contributed by atoms with van der Waals surface area (Å²) >= 11 is 0. The third-order valence-electron chi connectivity index (χ3n) is 5.31. The summed E-state index contributed by atoms with van der Waals surface area (Å²) < 4.78 is 5.63.